The number of rotatable bonds is 4. The standard InChI is InChI=1S/C10H13NOS/c1-3-8-11-13(12)10-6-4-9(2)5-7-10/h3-7,11H,1,8H2,2H3. The molecule has 2 nitrogen and oxygen atoms in total. The molecule has 0 aliphatic rings. The molecule has 1 N–H and O–H groups in total. The zero-order valence-corrected chi connectivity index (χ0v) is 8.43. The summed E-state index contributed by atoms with van der Waals surface area (Å²) in [7, 11) is -1.11. The summed E-state index contributed by atoms with van der Waals surface area (Å²) in [6.07, 6.45) is 1.69. The maximum absolute atomic E-state index is 11.5. The van der Waals surface area contributed by atoms with E-state index >= 15 is 0 Å². The SMILES string of the molecule is C=CCNS(=O)c1ccc(C)cc1. The van der Waals surface area contributed by atoms with Gasteiger partial charge in [-0.3, -0.25) is 0 Å². The number of hydrogen-bond donors (Lipinski definition) is 1. The Morgan fingerprint density at radius 3 is 2.62 bits per heavy atom. The molecule has 1 unspecified atom stereocenters. The average molecular weight is 195 g/mol. The van der Waals surface area contributed by atoms with Gasteiger partial charge in [0.1, 0.15) is 11.0 Å². The quantitative estimate of drug-likeness (QED) is 0.729. The molecule has 70 valence electrons. The summed E-state index contributed by atoms with van der Waals surface area (Å²) in [6, 6.07) is 7.62. The summed E-state index contributed by atoms with van der Waals surface area (Å²) in [5, 5.41) is 0. The van der Waals surface area contributed by atoms with Gasteiger partial charge in [-0.15, -0.1) is 6.58 Å². The molecule has 13 heavy (non-hydrogen) atoms. The van der Waals surface area contributed by atoms with Gasteiger partial charge in [-0.1, -0.05) is 23.8 Å². The maximum atomic E-state index is 11.5. The van der Waals surface area contributed by atoms with Gasteiger partial charge in [-0.2, -0.15) is 0 Å². The monoisotopic (exact) mass is 195 g/mol. The van der Waals surface area contributed by atoms with Crippen molar-refractivity contribution in [2.45, 2.75) is 11.8 Å². The molecule has 0 amide bonds. The molecule has 1 aromatic rings. The van der Waals surface area contributed by atoms with Gasteiger partial charge < -0.3 is 0 Å². The topological polar surface area (TPSA) is 29.1 Å². The second-order valence-electron chi connectivity index (χ2n) is 2.72. The molecule has 0 aliphatic heterocycles. The van der Waals surface area contributed by atoms with Crippen molar-refractivity contribution in [1.29, 1.82) is 0 Å². The molecule has 0 spiro atoms. The van der Waals surface area contributed by atoms with Crippen LogP contribution in [0.4, 0.5) is 0 Å². The van der Waals surface area contributed by atoms with E-state index in [0.29, 0.717) is 6.54 Å². The summed E-state index contributed by atoms with van der Waals surface area (Å²) in [5.41, 5.74) is 1.17. The number of benzene rings is 1. The van der Waals surface area contributed by atoms with Gasteiger partial charge in [-0.25, -0.2) is 8.93 Å². The van der Waals surface area contributed by atoms with Gasteiger partial charge in [0.2, 0.25) is 0 Å². The van der Waals surface area contributed by atoms with E-state index in [0.717, 1.165) is 4.90 Å². The fourth-order valence-electron chi connectivity index (χ4n) is 0.880. The van der Waals surface area contributed by atoms with E-state index in [1.54, 1.807) is 6.08 Å². The summed E-state index contributed by atoms with van der Waals surface area (Å²) in [5.74, 6) is 0. The zero-order chi connectivity index (χ0) is 9.68. The van der Waals surface area contributed by atoms with E-state index < -0.39 is 11.0 Å². The van der Waals surface area contributed by atoms with Crippen LogP contribution in [0.3, 0.4) is 0 Å². The summed E-state index contributed by atoms with van der Waals surface area (Å²) < 4.78 is 14.3. The highest BCUT2D eigenvalue weighted by molar-refractivity contribution is 7.83. The van der Waals surface area contributed by atoms with Crippen molar-refractivity contribution >= 4 is 11.0 Å². The van der Waals surface area contributed by atoms with Crippen LogP contribution in [0.1, 0.15) is 5.56 Å². The minimum Gasteiger partial charge on any atom is -0.237 e. The Balaban J connectivity index is 2.66. The lowest BCUT2D eigenvalue weighted by atomic mass is 10.2. The highest BCUT2D eigenvalue weighted by Gasteiger charge is 1.99. The smallest absolute Gasteiger partial charge is 0.125 e. The van der Waals surface area contributed by atoms with E-state index in [1.165, 1.54) is 5.56 Å². The fourth-order valence-corrected chi connectivity index (χ4v) is 1.70. The van der Waals surface area contributed by atoms with Crippen LogP contribution >= 0.6 is 0 Å². The van der Waals surface area contributed by atoms with Crippen LogP contribution in [0.25, 0.3) is 0 Å². The van der Waals surface area contributed by atoms with E-state index in [2.05, 4.69) is 11.3 Å². The van der Waals surface area contributed by atoms with Crippen LogP contribution in [-0.2, 0) is 11.0 Å². The van der Waals surface area contributed by atoms with Crippen molar-refractivity contribution in [3.8, 4) is 0 Å². The fraction of sp³-hybridized carbons (Fsp3) is 0.200. The summed E-state index contributed by atoms with van der Waals surface area (Å²) in [6.45, 7) is 6.10. The van der Waals surface area contributed by atoms with Crippen molar-refractivity contribution in [3.63, 3.8) is 0 Å². The third-order valence-electron chi connectivity index (χ3n) is 1.59. The molecule has 0 saturated carbocycles. The van der Waals surface area contributed by atoms with Crippen LogP contribution < -0.4 is 4.72 Å². The first kappa shape index (κ1) is 10.2. The van der Waals surface area contributed by atoms with Crippen molar-refractivity contribution in [2.75, 3.05) is 6.54 Å². The molecule has 0 saturated heterocycles. The molecule has 0 fully saturated rings. The molecular formula is C10H13NOS. The maximum Gasteiger partial charge on any atom is 0.125 e. The van der Waals surface area contributed by atoms with Gasteiger partial charge in [0.15, 0.2) is 0 Å². The summed E-state index contributed by atoms with van der Waals surface area (Å²) in [4.78, 5) is 0.799. The van der Waals surface area contributed by atoms with Crippen LogP contribution in [-0.4, -0.2) is 10.8 Å². The zero-order valence-electron chi connectivity index (χ0n) is 7.62. The minimum atomic E-state index is -1.11. The molecular weight excluding hydrogens is 182 g/mol. The van der Waals surface area contributed by atoms with Crippen molar-refractivity contribution in [1.82, 2.24) is 4.72 Å². The van der Waals surface area contributed by atoms with Crippen LogP contribution in [0, 0.1) is 6.92 Å². The second-order valence-corrected chi connectivity index (χ2v) is 4.02. The van der Waals surface area contributed by atoms with Gasteiger partial charge in [0.25, 0.3) is 0 Å². The first-order chi connectivity index (χ1) is 6.24. The Hall–Kier alpha value is -0.930. The van der Waals surface area contributed by atoms with Crippen LogP contribution in [0.2, 0.25) is 0 Å². The van der Waals surface area contributed by atoms with Gasteiger partial charge in [0, 0.05) is 6.54 Å². The van der Waals surface area contributed by atoms with E-state index in [-0.39, 0.29) is 0 Å². The number of nitrogens with one attached hydrogen (secondary N) is 1. The third kappa shape index (κ3) is 3.13. The Bertz CT molecular complexity index is 305. The first-order valence-corrected chi connectivity index (χ1v) is 5.22. The van der Waals surface area contributed by atoms with Crippen LogP contribution in [0.15, 0.2) is 41.8 Å². The largest absolute Gasteiger partial charge is 0.237 e. The average Bonchev–Trinajstić information content (AvgIpc) is 2.15. The van der Waals surface area contributed by atoms with E-state index in [4.69, 9.17) is 0 Å². The first-order valence-electron chi connectivity index (χ1n) is 4.07. The Morgan fingerprint density at radius 1 is 1.46 bits per heavy atom. The van der Waals surface area contributed by atoms with Gasteiger partial charge >= 0.3 is 0 Å². The highest BCUT2D eigenvalue weighted by atomic mass is 32.2. The van der Waals surface area contributed by atoms with Gasteiger partial charge in [-0.05, 0) is 19.1 Å². The molecule has 0 heterocycles. The van der Waals surface area contributed by atoms with Crippen molar-refractivity contribution in [3.05, 3.63) is 42.5 Å². The lowest BCUT2D eigenvalue weighted by molar-refractivity contribution is 0.676. The third-order valence-corrected chi connectivity index (χ3v) is 2.72. The molecule has 0 bridgehead atoms. The molecule has 0 radical (unpaired) electrons. The lowest BCUT2D eigenvalue weighted by Crippen LogP contribution is -2.16. The number of aryl methyl sites for hydroxylation is 1. The number of hydrogen-bond acceptors (Lipinski definition) is 1. The molecule has 1 atom stereocenters. The molecule has 3 heteroatoms. The predicted molar refractivity (Wildman–Crippen MR) is 55.8 cm³/mol. The van der Waals surface area contributed by atoms with E-state index in [1.807, 2.05) is 31.2 Å². The second kappa shape index (κ2) is 4.94. The molecule has 0 aliphatic carbocycles. The summed E-state index contributed by atoms with van der Waals surface area (Å²) >= 11 is 0. The normalized spacial score (nSPS) is 12.4. The Labute approximate surface area is 81.3 Å². The highest BCUT2D eigenvalue weighted by Crippen LogP contribution is 2.05. The van der Waals surface area contributed by atoms with Crippen molar-refractivity contribution < 1.29 is 4.21 Å². The van der Waals surface area contributed by atoms with Crippen molar-refractivity contribution in [2.24, 2.45) is 0 Å². The Kier molecular flexibility index (Phi) is 3.86. The predicted octanol–water partition coefficient (Wildman–Crippen LogP) is 1.79. The van der Waals surface area contributed by atoms with Crippen LogP contribution in [0.5, 0.6) is 0 Å². The van der Waals surface area contributed by atoms with E-state index in [9.17, 15) is 4.21 Å². The minimum absolute atomic E-state index is 0.556. The molecule has 1 rings (SSSR count). The molecule has 0 aromatic heterocycles. The molecule has 1 aromatic carbocycles. The van der Waals surface area contributed by atoms with Gasteiger partial charge in [0.05, 0.1) is 4.90 Å². The Morgan fingerprint density at radius 2 is 2.08 bits per heavy atom. The lowest BCUT2D eigenvalue weighted by Gasteiger charge is -2.01.